The van der Waals surface area contributed by atoms with Crippen LogP contribution in [0.1, 0.15) is 23.2 Å². The van der Waals surface area contributed by atoms with E-state index < -0.39 is 29.3 Å². The number of nitrogens with two attached hydrogens (primary N) is 2. The van der Waals surface area contributed by atoms with E-state index in [0.717, 1.165) is 0 Å². The lowest BCUT2D eigenvalue weighted by Gasteiger charge is -2.18. The van der Waals surface area contributed by atoms with Crippen LogP contribution in [0.4, 0.5) is 0 Å². The van der Waals surface area contributed by atoms with Crippen molar-refractivity contribution < 1.29 is 19.1 Å². The Kier molecular flexibility index (Phi) is 9.81. The number of hydrogen-bond donors (Lipinski definition) is 2. The van der Waals surface area contributed by atoms with Crippen LogP contribution < -0.4 is 11.5 Å². The number of carbonyl (C=O) groups is 3. The van der Waals surface area contributed by atoms with Crippen molar-refractivity contribution in [3.05, 3.63) is 35.9 Å². The molecule has 0 aliphatic rings. The van der Waals surface area contributed by atoms with Gasteiger partial charge in [-0.1, -0.05) is 30.3 Å². The monoisotopic (exact) mass is 384 g/mol. The van der Waals surface area contributed by atoms with Crippen molar-refractivity contribution in [3.8, 4) is 0 Å². The quantitative estimate of drug-likeness (QED) is 0.354. The maximum absolute atomic E-state index is 12.5. The first-order valence-electron chi connectivity index (χ1n) is 7.78. The number of esters is 2. The first-order valence-corrected chi connectivity index (χ1v) is 10.5. The van der Waals surface area contributed by atoms with Crippen LogP contribution >= 0.6 is 23.5 Å². The highest BCUT2D eigenvalue weighted by Gasteiger charge is 2.28. The van der Waals surface area contributed by atoms with E-state index in [1.54, 1.807) is 42.3 Å². The molecule has 0 saturated carbocycles. The summed E-state index contributed by atoms with van der Waals surface area (Å²) in [6.07, 6.45) is 4.17. The second kappa shape index (κ2) is 11.3. The molecule has 1 aromatic carbocycles. The van der Waals surface area contributed by atoms with Gasteiger partial charge in [0.25, 0.3) is 0 Å². The maximum atomic E-state index is 12.5. The van der Waals surface area contributed by atoms with Gasteiger partial charge in [-0.2, -0.15) is 23.5 Å². The van der Waals surface area contributed by atoms with E-state index >= 15 is 0 Å². The average molecular weight is 385 g/mol. The van der Waals surface area contributed by atoms with Gasteiger partial charge in [0.05, 0.1) is 5.25 Å². The third kappa shape index (κ3) is 7.19. The summed E-state index contributed by atoms with van der Waals surface area (Å²) in [6, 6.07) is 6.86. The van der Waals surface area contributed by atoms with Crippen LogP contribution in [-0.2, 0) is 14.3 Å². The minimum Gasteiger partial charge on any atom is -0.391 e. The molecule has 0 aliphatic heterocycles. The van der Waals surface area contributed by atoms with Crippen molar-refractivity contribution in [3.63, 3.8) is 0 Å². The molecular formula is C17H24N2O4S2. The molecule has 0 amide bonds. The molecule has 8 heteroatoms. The molecule has 0 fully saturated rings. The number of ether oxygens (including phenoxy) is 1. The molecule has 0 saturated heterocycles. The Balaban J connectivity index is 2.60. The Morgan fingerprint density at radius 1 is 1.04 bits per heavy atom. The van der Waals surface area contributed by atoms with Gasteiger partial charge in [-0.15, -0.1) is 0 Å². The Morgan fingerprint density at radius 2 is 1.64 bits per heavy atom. The van der Waals surface area contributed by atoms with Crippen molar-refractivity contribution in [2.75, 3.05) is 18.3 Å². The van der Waals surface area contributed by atoms with Gasteiger partial charge in [-0.25, -0.2) is 9.59 Å². The summed E-state index contributed by atoms with van der Waals surface area (Å²) in [5, 5.41) is -0.495. The van der Waals surface area contributed by atoms with Gasteiger partial charge in [0, 0.05) is 5.56 Å². The fraction of sp³-hybridized carbons (Fsp3) is 0.471. The summed E-state index contributed by atoms with van der Waals surface area (Å²) in [5.41, 5.74) is 12.0. The number of ketones is 1. The van der Waals surface area contributed by atoms with Crippen molar-refractivity contribution in [1.82, 2.24) is 0 Å². The van der Waals surface area contributed by atoms with Gasteiger partial charge < -0.3 is 16.2 Å². The zero-order valence-corrected chi connectivity index (χ0v) is 16.0. The van der Waals surface area contributed by atoms with Crippen LogP contribution in [0.3, 0.4) is 0 Å². The molecule has 138 valence electrons. The van der Waals surface area contributed by atoms with Crippen LogP contribution in [0.25, 0.3) is 0 Å². The standard InChI is InChI=1S/C17H24N2O4S2/c1-24-9-8-12(18)16(21)23-17(22)13(19)10-14(25-2)15(20)11-6-4-3-5-7-11/h3-7,12-14H,8-10,18-19H2,1-2H3/t12-,13-,14?/m0/s1. The molecular weight excluding hydrogens is 360 g/mol. The predicted molar refractivity (Wildman–Crippen MR) is 103 cm³/mol. The molecule has 4 N–H and O–H groups in total. The number of carbonyl (C=O) groups excluding carboxylic acids is 3. The normalized spacial score (nSPS) is 14.4. The third-order valence-electron chi connectivity index (χ3n) is 3.54. The predicted octanol–water partition coefficient (Wildman–Crippen LogP) is 1.47. The molecule has 0 spiro atoms. The largest absolute Gasteiger partial charge is 0.391 e. The highest BCUT2D eigenvalue weighted by Crippen LogP contribution is 2.19. The molecule has 25 heavy (non-hydrogen) atoms. The molecule has 1 unspecified atom stereocenters. The topological polar surface area (TPSA) is 112 Å². The van der Waals surface area contributed by atoms with E-state index in [1.807, 2.05) is 12.3 Å². The summed E-state index contributed by atoms with van der Waals surface area (Å²) >= 11 is 2.85. The highest BCUT2D eigenvalue weighted by molar-refractivity contribution is 8.00. The van der Waals surface area contributed by atoms with Gasteiger partial charge >= 0.3 is 11.9 Å². The first-order chi connectivity index (χ1) is 11.9. The summed E-state index contributed by atoms with van der Waals surface area (Å²) in [5.74, 6) is -1.06. The lowest BCUT2D eigenvalue weighted by Crippen LogP contribution is -2.41. The van der Waals surface area contributed by atoms with Crippen LogP contribution in [0.2, 0.25) is 0 Å². The molecule has 1 aromatic rings. The number of hydrogen-bond acceptors (Lipinski definition) is 8. The summed E-state index contributed by atoms with van der Waals surface area (Å²) < 4.78 is 4.74. The third-order valence-corrected chi connectivity index (χ3v) is 5.16. The lowest BCUT2D eigenvalue weighted by atomic mass is 10.0. The lowest BCUT2D eigenvalue weighted by molar-refractivity contribution is -0.161. The smallest absolute Gasteiger partial charge is 0.330 e. The molecule has 6 nitrogen and oxygen atoms in total. The number of rotatable bonds is 10. The Labute approximate surface area is 156 Å². The summed E-state index contributed by atoms with van der Waals surface area (Å²) in [7, 11) is 0. The number of thioether (sulfide) groups is 2. The van der Waals surface area contributed by atoms with Crippen LogP contribution in [0.15, 0.2) is 30.3 Å². The van der Waals surface area contributed by atoms with E-state index in [9.17, 15) is 14.4 Å². The first kappa shape index (κ1) is 21.7. The molecule has 3 atom stereocenters. The minimum absolute atomic E-state index is 0.0844. The van der Waals surface area contributed by atoms with Crippen molar-refractivity contribution in [2.24, 2.45) is 11.5 Å². The fourth-order valence-electron chi connectivity index (χ4n) is 2.04. The Bertz CT molecular complexity index is 583. The molecule has 0 heterocycles. The van der Waals surface area contributed by atoms with Crippen molar-refractivity contribution in [1.29, 1.82) is 0 Å². The number of Topliss-reactive ketones (excluding diaryl/α,β-unsaturated/α-hetero) is 1. The molecule has 0 radical (unpaired) electrons. The maximum Gasteiger partial charge on any atom is 0.330 e. The Morgan fingerprint density at radius 3 is 2.20 bits per heavy atom. The Hall–Kier alpha value is -1.35. The van der Waals surface area contributed by atoms with Crippen LogP contribution in [0.5, 0.6) is 0 Å². The second-order valence-electron chi connectivity index (χ2n) is 5.42. The molecule has 0 aromatic heterocycles. The summed E-state index contributed by atoms with van der Waals surface area (Å²) in [6.45, 7) is 0. The molecule has 0 aliphatic carbocycles. The zero-order chi connectivity index (χ0) is 18.8. The second-order valence-corrected chi connectivity index (χ2v) is 7.45. The zero-order valence-electron chi connectivity index (χ0n) is 14.3. The number of benzene rings is 1. The molecule has 1 rings (SSSR count). The van der Waals surface area contributed by atoms with Gasteiger partial charge in [-0.05, 0) is 31.1 Å². The SMILES string of the molecule is CSCC[C@H](N)C(=O)OC(=O)[C@@H](N)CC(SC)C(=O)c1ccccc1. The van der Waals surface area contributed by atoms with E-state index in [1.165, 1.54) is 11.8 Å². The van der Waals surface area contributed by atoms with E-state index in [0.29, 0.717) is 17.7 Å². The van der Waals surface area contributed by atoms with Crippen LogP contribution in [-0.4, -0.2) is 53.3 Å². The minimum atomic E-state index is -1.07. The van der Waals surface area contributed by atoms with Gasteiger partial charge in [0.1, 0.15) is 12.1 Å². The van der Waals surface area contributed by atoms with Crippen molar-refractivity contribution >= 4 is 41.2 Å². The van der Waals surface area contributed by atoms with Crippen molar-refractivity contribution in [2.45, 2.75) is 30.2 Å². The van der Waals surface area contributed by atoms with Gasteiger partial charge in [0.15, 0.2) is 5.78 Å². The average Bonchev–Trinajstić information content (AvgIpc) is 2.63. The fourth-order valence-corrected chi connectivity index (χ4v) is 3.28. The van der Waals surface area contributed by atoms with Crippen LogP contribution in [0, 0.1) is 0 Å². The van der Waals surface area contributed by atoms with E-state index in [4.69, 9.17) is 16.2 Å². The van der Waals surface area contributed by atoms with E-state index in [-0.39, 0.29) is 12.2 Å². The van der Waals surface area contributed by atoms with Gasteiger partial charge in [0.2, 0.25) is 0 Å². The summed E-state index contributed by atoms with van der Waals surface area (Å²) in [4.78, 5) is 36.2. The molecule has 0 bridgehead atoms. The van der Waals surface area contributed by atoms with E-state index in [2.05, 4.69) is 0 Å². The van der Waals surface area contributed by atoms with Gasteiger partial charge in [-0.3, -0.25) is 4.79 Å². The highest BCUT2D eigenvalue weighted by atomic mass is 32.2.